The number of nitrogens with zero attached hydrogens (tertiary/aromatic N) is 3. The number of carbonyl (C=O) groups is 1. The van der Waals surface area contributed by atoms with Gasteiger partial charge in [-0.3, -0.25) is 10.1 Å². The van der Waals surface area contributed by atoms with Gasteiger partial charge in [-0.2, -0.15) is 4.98 Å². The van der Waals surface area contributed by atoms with Crippen molar-refractivity contribution in [2.45, 2.75) is 6.61 Å². The highest BCUT2D eigenvalue weighted by Gasteiger charge is 2.16. The second-order valence-corrected chi connectivity index (χ2v) is 5.63. The number of aromatic nitrogens is 2. The van der Waals surface area contributed by atoms with E-state index >= 15 is 0 Å². The van der Waals surface area contributed by atoms with Crippen LogP contribution < -0.4 is 4.74 Å². The normalized spacial score (nSPS) is 10.4. The largest absolute Gasteiger partial charge is 0.475 e. The van der Waals surface area contributed by atoms with Gasteiger partial charge in [0.25, 0.3) is 5.89 Å². The number of nitro benzene ring substituents is 1. The summed E-state index contributed by atoms with van der Waals surface area (Å²) in [6.45, 7) is -0.747. The highest BCUT2D eigenvalue weighted by molar-refractivity contribution is 6.30. The maximum absolute atomic E-state index is 11.8. The van der Waals surface area contributed by atoms with E-state index in [1.807, 2.05) is 0 Å². The van der Waals surface area contributed by atoms with Crippen LogP contribution in [0.15, 0.2) is 53.1 Å². The van der Waals surface area contributed by atoms with Gasteiger partial charge in [0, 0.05) is 16.7 Å². The highest BCUT2D eigenvalue weighted by atomic mass is 35.5. The summed E-state index contributed by atoms with van der Waals surface area (Å²) >= 11 is 5.82. The zero-order valence-corrected chi connectivity index (χ0v) is 14.5. The number of hydrogen-bond donors (Lipinski definition) is 0. The third-order valence-electron chi connectivity index (χ3n) is 3.33. The zero-order valence-electron chi connectivity index (χ0n) is 13.7. The van der Waals surface area contributed by atoms with Gasteiger partial charge in [-0.25, -0.2) is 4.79 Å². The van der Waals surface area contributed by atoms with E-state index in [0.29, 0.717) is 16.4 Å². The van der Waals surface area contributed by atoms with Gasteiger partial charge in [0.2, 0.25) is 5.82 Å². The Labute approximate surface area is 157 Å². The number of nitro groups is 1. The number of carbonyl (C=O) groups excluding carboxylic acids is 1. The molecule has 0 aliphatic heterocycles. The number of para-hydroxylation sites is 2. The van der Waals surface area contributed by atoms with E-state index in [1.165, 1.54) is 18.2 Å². The fourth-order valence-electron chi connectivity index (χ4n) is 2.08. The van der Waals surface area contributed by atoms with Crippen molar-refractivity contribution >= 4 is 23.3 Å². The Morgan fingerprint density at radius 1 is 1.19 bits per heavy atom. The van der Waals surface area contributed by atoms with E-state index in [0.717, 1.165) is 0 Å². The lowest BCUT2D eigenvalue weighted by molar-refractivity contribution is -0.385. The maximum atomic E-state index is 11.8. The monoisotopic (exact) mass is 389 g/mol. The van der Waals surface area contributed by atoms with E-state index < -0.39 is 17.5 Å². The zero-order chi connectivity index (χ0) is 19.2. The number of halogens is 1. The first kappa shape index (κ1) is 18.3. The third-order valence-corrected chi connectivity index (χ3v) is 3.59. The van der Waals surface area contributed by atoms with Crippen molar-refractivity contribution in [1.29, 1.82) is 0 Å². The van der Waals surface area contributed by atoms with Crippen LogP contribution in [0.3, 0.4) is 0 Å². The van der Waals surface area contributed by atoms with Crippen LogP contribution in [0.5, 0.6) is 5.75 Å². The number of ether oxygens (including phenoxy) is 2. The lowest BCUT2D eigenvalue weighted by Crippen LogP contribution is -2.15. The van der Waals surface area contributed by atoms with Crippen LogP contribution in [-0.4, -0.2) is 27.6 Å². The minimum absolute atomic E-state index is 0.0257. The SMILES string of the molecule is O=C(COc1ccccc1[N+](=O)[O-])OCc1nc(-c2ccc(Cl)cc2)no1. The number of benzene rings is 2. The quantitative estimate of drug-likeness (QED) is 0.342. The summed E-state index contributed by atoms with van der Waals surface area (Å²) in [7, 11) is 0. The van der Waals surface area contributed by atoms with Gasteiger partial charge >= 0.3 is 11.7 Å². The first-order chi connectivity index (χ1) is 13.0. The molecule has 0 amide bonds. The lowest BCUT2D eigenvalue weighted by Gasteiger charge is -2.05. The van der Waals surface area contributed by atoms with Crippen LogP contribution in [0.1, 0.15) is 5.89 Å². The topological polar surface area (TPSA) is 118 Å². The maximum Gasteiger partial charge on any atom is 0.344 e. The van der Waals surface area contributed by atoms with Gasteiger partial charge in [-0.05, 0) is 30.3 Å². The van der Waals surface area contributed by atoms with Crippen molar-refractivity contribution in [1.82, 2.24) is 10.1 Å². The number of rotatable bonds is 7. The van der Waals surface area contributed by atoms with Gasteiger partial charge < -0.3 is 14.0 Å². The van der Waals surface area contributed by atoms with E-state index in [2.05, 4.69) is 10.1 Å². The second kappa shape index (κ2) is 8.28. The minimum Gasteiger partial charge on any atom is -0.475 e. The lowest BCUT2D eigenvalue weighted by atomic mass is 10.2. The molecule has 138 valence electrons. The molecule has 0 fully saturated rings. The Kier molecular flexibility index (Phi) is 5.62. The van der Waals surface area contributed by atoms with Crippen molar-refractivity contribution in [3.8, 4) is 17.1 Å². The van der Waals surface area contributed by atoms with Gasteiger partial charge in [-0.15, -0.1) is 0 Å². The Balaban J connectivity index is 1.53. The summed E-state index contributed by atoms with van der Waals surface area (Å²) in [6.07, 6.45) is 0. The summed E-state index contributed by atoms with van der Waals surface area (Å²) in [5.74, 6) is -0.338. The van der Waals surface area contributed by atoms with Crippen molar-refractivity contribution < 1.29 is 23.7 Å². The predicted molar refractivity (Wildman–Crippen MR) is 93.1 cm³/mol. The van der Waals surface area contributed by atoms with Crippen LogP contribution in [0.25, 0.3) is 11.4 Å². The van der Waals surface area contributed by atoms with Crippen LogP contribution in [0.2, 0.25) is 5.02 Å². The van der Waals surface area contributed by atoms with Gasteiger partial charge in [0.05, 0.1) is 4.92 Å². The number of esters is 1. The van der Waals surface area contributed by atoms with Crippen LogP contribution in [0.4, 0.5) is 5.69 Å². The molecule has 0 radical (unpaired) electrons. The van der Waals surface area contributed by atoms with E-state index in [1.54, 1.807) is 30.3 Å². The molecular formula is C17H12ClN3O6. The summed E-state index contributed by atoms with van der Waals surface area (Å²) in [5, 5.41) is 15.3. The standard InChI is InChI=1S/C17H12ClN3O6/c18-12-7-5-11(6-8-12)17-19-15(27-20-17)9-26-16(22)10-25-14-4-2-1-3-13(14)21(23)24/h1-8H,9-10H2. The molecule has 0 N–H and O–H groups in total. The van der Waals surface area contributed by atoms with Crippen molar-refractivity contribution in [2.75, 3.05) is 6.61 Å². The summed E-state index contributed by atoms with van der Waals surface area (Å²) in [4.78, 5) is 26.2. The molecule has 0 atom stereocenters. The fraction of sp³-hybridized carbons (Fsp3) is 0.118. The molecule has 0 unspecified atom stereocenters. The smallest absolute Gasteiger partial charge is 0.344 e. The molecule has 0 aliphatic carbocycles. The highest BCUT2D eigenvalue weighted by Crippen LogP contribution is 2.25. The molecule has 2 aromatic carbocycles. The molecule has 0 saturated heterocycles. The number of hydrogen-bond acceptors (Lipinski definition) is 8. The summed E-state index contributed by atoms with van der Waals surface area (Å²) < 4.78 is 15.1. The summed E-state index contributed by atoms with van der Waals surface area (Å²) in [6, 6.07) is 12.5. The molecule has 1 heterocycles. The molecular weight excluding hydrogens is 378 g/mol. The molecule has 3 rings (SSSR count). The minimum atomic E-state index is -0.737. The van der Waals surface area contributed by atoms with Crippen LogP contribution >= 0.6 is 11.6 Å². The van der Waals surface area contributed by atoms with E-state index in [-0.39, 0.29) is 23.9 Å². The first-order valence-electron chi connectivity index (χ1n) is 7.63. The van der Waals surface area contributed by atoms with E-state index in [9.17, 15) is 14.9 Å². The molecule has 10 heteroatoms. The molecule has 27 heavy (non-hydrogen) atoms. The molecule has 0 aliphatic rings. The molecule has 0 bridgehead atoms. The Morgan fingerprint density at radius 3 is 2.67 bits per heavy atom. The fourth-order valence-corrected chi connectivity index (χ4v) is 2.21. The Bertz CT molecular complexity index is 957. The molecule has 1 aromatic heterocycles. The Morgan fingerprint density at radius 2 is 1.93 bits per heavy atom. The molecule has 0 spiro atoms. The average Bonchev–Trinajstić information content (AvgIpc) is 3.14. The second-order valence-electron chi connectivity index (χ2n) is 5.19. The average molecular weight is 390 g/mol. The summed E-state index contributed by atoms with van der Waals surface area (Å²) in [5.41, 5.74) is 0.454. The third kappa shape index (κ3) is 4.79. The Hall–Kier alpha value is -3.46. The van der Waals surface area contributed by atoms with Crippen molar-refractivity contribution in [2.24, 2.45) is 0 Å². The van der Waals surface area contributed by atoms with Crippen molar-refractivity contribution in [3.05, 3.63) is 69.6 Å². The molecule has 9 nitrogen and oxygen atoms in total. The van der Waals surface area contributed by atoms with Gasteiger partial charge in [0.1, 0.15) is 0 Å². The first-order valence-corrected chi connectivity index (χ1v) is 8.01. The van der Waals surface area contributed by atoms with Crippen LogP contribution in [-0.2, 0) is 16.1 Å². The molecule has 3 aromatic rings. The van der Waals surface area contributed by atoms with Crippen LogP contribution in [0, 0.1) is 10.1 Å². The van der Waals surface area contributed by atoms with Gasteiger partial charge in [0.15, 0.2) is 19.0 Å². The van der Waals surface area contributed by atoms with Gasteiger partial charge in [-0.1, -0.05) is 28.9 Å². The predicted octanol–water partition coefficient (Wildman–Crippen LogP) is 3.42. The van der Waals surface area contributed by atoms with Crippen molar-refractivity contribution in [3.63, 3.8) is 0 Å². The van der Waals surface area contributed by atoms with E-state index in [4.69, 9.17) is 25.6 Å². The molecule has 0 saturated carbocycles.